The summed E-state index contributed by atoms with van der Waals surface area (Å²) in [6, 6.07) is 21.9. The van der Waals surface area contributed by atoms with Gasteiger partial charge in [-0.1, -0.05) is 54.6 Å². The van der Waals surface area contributed by atoms with Crippen molar-refractivity contribution in [1.82, 2.24) is 4.98 Å². The summed E-state index contributed by atoms with van der Waals surface area (Å²) in [5.41, 5.74) is 4.80. The Morgan fingerprint density at radius 3 is 2.28 bits per heavy atom. The third-order valence-electron chi connectivity index (χ3n) is 5.89. The fourth-order valence-corrected chi connectivity index (χ4v) is 4.55. The van der Waals surface area contributed by atoms with Gasteiger partial charge in [-0.05, 0) is 48.7 Å². The van der Waals surface area contributed by atoms with Crippen molar-refractivity contribution in [1.29, 1.82) is 0 Å². The fourth-order valence-electron chi connectivity index (χ4n) is 4.55. The number of carbonyl (C=O) groups is 2. The molecule has 4 aromatic rings. The van der Waals surface area contributed by atoms with Crippen molar-refractivity contribution in [2.45, 2.75) is 19.9 Å². The molecule has 0 saturated carbocycles. The van der Waals surface area contributed by atoms with Gasteiger partial charge in [0.15, 0.2) is 0 Å². The Balaban J connectivity index is 1.77. The second-order valence-corrected chi connectivity index (χ2v) is 8.17. The number of carbonyl (C=O) groups excluding carboxylic acids is 2. The lowest BCUT2D eigenvalue weighted by atomic mass is 9.95. The summed E-state index contributed by atoms with van der Waals surface area (Å²) in [5.74, 6) is -1.52. The Morgan fingerprint density at radius 1 is 0.906 bits per heavy atom. The van der Waals surface area contributed by atoms with Gasteiger partial charge in [0, 0.05) is 28.4 Å². The second-order valence-electron chi connectivity index (χ2n) is 8.17. The molecule has 32 heavy (non-hydrogen) atoms. The molecule has 3 aromatic carbocycles. The Bertz CT molecular complexity index is 1380. The minimum atomic E-state index is -0.730. The molecule has 0 spiro atoms. The molecular formula is C27H22N2O3. The fraction of sp³-hybridized carbons (Fsp3) is 0.111. The highest BCUT2D eigenvalue weighted by atomic mass is 16.3. The van der Waals surface area contributed by atoms with Gasteiger partial charge in [-0.15, -0.1) is 0 Å². The molecule has 0 aliphatic carbocycles. The van der Waals surface area contributed by atoms with Crippen molar-refractivity contribution < 1.29 is 14.7 Å². The third kappa shape index (κ3) is 3.10. The van der Waals surface area contributed by atoms with E-state index in [1.807, 2.05) is 86.6 Å². The van der Waals surface area contributed by atoms with E-state index in [9.17, 15) is 14.7 Å². The second kappa shape index (κ2) is 7.54. The van der Waals surface area contributed by atoms with Crippen LogP contribution in [0.15, 0.2) is 84.6 Å². The maximum atomic E-state index is 13.3. The first-order valence-corrected chi connectivity index (χ1v) is 10.5. The van der Waals surface area contributed by atoms with E-state index in [1.54, 1.807) is 6.20 Å². The number of aromatic nitrogens is 1. The summed E-state index contributed by atoms with van der Waals surface area (Å²) in [7, 11) is 0. The number of amides is 1. The Labute approximate surface area is 185 Å². The Hall–Kier alpha value is -4.12. The lowest BCUT2D eigenvalue weighted by molar-refractivity contribution is -0.132. The van der Waals surface area contributed by atoms with Crippen LogP contribution in [0.5, 0.6) is 0 Å². The molecule has 1 saturated heterocycles. The van der Waals surface area contributed by atoms with E-state index in [1.165, 1.54) is 4.90 Å². The van der Waals surface area contributed by atoms with Gasteiger partial charge in [0.05, 0.1) is 11.6 Å². The standard InChI is InChI=1S/C27H22N2O3/c1-16-12-17(2)14-19(13-16)29-24(18-8-4-3-5-9-18)23(26(31)27(29)32)25(30)21-15-28-22-11-7-6-10-20(21)22/h3-15,24,28,30H,1-2H3/b25-23-. The van der Waals surface area contributed by atoms with E-state index in [-0.39, 0.29) is 11.3 Å². The number of rotatable bonds is 3. The van der Waals surface area contributed by atoms with Gasteiger partial charge in [0.2, 0.25) is 0 Å². The predicted molar refractivity (Wildman–Crippen MR) is 125 cm³/mol. The molecule has 2 N–H and O–H groups in total. The molecule has 1 amide bonds. The van der Waals surface area contributed by atoms with Crippen LogP contribution in [-0.2, 0) is 9.59 Å². The van der Waals surface area contributed by atoms with Crippen LogP contribution in [0.4, 0.5) is 5.69 Å². The van der Waals surface area contributed by atoms with Crippen molar-refractivity contribution in [3.63, 3.8) is 0 Å². The van der Waals surface area contributed by atoms with E-state index in [4.69, 9.17) is 0 Å². The number of nitrogens with one attached hydrogen (secondary N) is 1. The predicted octanol–water partition coefficient (Wildman–Crippen LogP) is 5.41. The summed E-state index contributed by atoms with van der Waals surface area (Å²) < 4.78 is 0. The molecule has 158 valence electrons. The number of aromatic amines is 1. The lowest BCUT2D eigenvalue weighted by Crippen LogP contribution is -2.29. The number of nitrogens with zero attached hydrogens (tertiary/aromatic N) is 1. The number of H-pyrrole nitrogens is 1. The molecule has 0 radical (unpaired) electrons. The summed E-state index contributed by atoms with van der Waals surface area (Å²) in [4.78, 5) is 31.2. The van der Waals surface area contributed by atoms with Gasteiger partial charge in [0.1, 0.15) is 5.76 Å². The molecule has 1 unspecified atom stereocenters. The molecule has 1 fully saturated rings. The summed E-state index contributed by atoms with van der Waals surface area (Å²) in [6.07, 6.45) is 1.67. The van der Waals surface area contributed by atoms with Crippen LogP contribution in [0.2, 0.25) is 0 Å². The van der Waals surface area contributed by atoms with Gasteiger partial charge < -0.3 is 10.1 Å². The lowest BCUT2D eigenvalue weighted by Gasteiger charge is -2.26. The zero-order valence-corrected chi connectivity index (χ0v) is 17.8. The minimum Gasteiger partial charge on any atom is -0.507 e. The molecule has 5 heteroatoms. The van der Waals surface area contributed by atoms with Crippen LogP contribution in [0, 0.1) is 13.8 Å². The van der Waals surface area contributed by atoms with Crippen molar-refractivity contribution in [2.75, 3.05) is 4.90 Å². The van der Waals surface area contributed by atoms with Gasteiger partial charge >= 0.3 is 0 Å². The monoisotopic (exact) mass is 422 g/mol. The first-order valence-electron chi connectivity index (χ1n) is 10.5. The van der Waals surface area contributed by atoms with Gasteiger partial charge in [-0.2, -0.15) is 0 Å². The quantitative estimate of drug-likeness (QED) is 0.263. The summed E-state index contributed by atoms with van der Waals surface area (Å²) in [6.45, 7) is 3.91. The van der Waals surface area contributed by atoms with Crippen LogP contribution in [0.3, 0.4) is 0 Å². The molecule has 5 rings (SSSR count). The van der Waals surface area contributed by atoms with Gasteiger partial charge in [-0.3, -0.25) is 14.5 Å². The number of Topliss-reactive ketones (excluding diaryl/α,β-unsaturated/α-hetero) is 1. The maximum absolute atomic E-state index is 13.3. The first kappa shape index (κ1) is 19.8. The van der Waals surface area contributed by atoms with Crippen LogP contribution >= 0.6 is 0 Å². The number of anilines is 1. The molecule has 2 heterocycles. The zero-order chi connectivity index (χ0) is 22.4. The maximum Gasteiger partial charge on any atom is 0.300 e. The highest BCUT2D eigenvalue weighted by Crippen LogP contribution is 2.43. The number of hydrogen-bond donors (Lipinski definition) is 2. The van der Waals surface area contributed by atoms with Crippen molar-refractivity contribution in [2.24, 2.45) is 0 Å². The van der Waals surface area contributed by atoms with Crippen LogP contribution in [0.25, 0.3) is 16.7 Å². The zero-order valence-electron chi connectivity index (χ0n) is 17.8. The highest BCUT2D eigenvalue weighted by molar-refractivity contribution is 6.51. The molecule has 1 aliphatic rings. The number of fused-ring (bicyclic) bond motifs is 1. The Kier molecular flexibility index (Phi) is 4.67. The Morgan fingerprint density at radius 2 is 1.56 bits per heavy atom. The normalized spacial score (nSPS) is 17.9. The minimum absolute atomic E-state index is 0.0881. The smallest absolute Gasteiger partial charge is 0.300 e. The molecule has 1 atom stereocenters. The number of aryl methyl sites for hydroxylation is 2. The number of hydrogen-bond acceptors (Lipinski definition) is 3. The number of aliphatic hydroxyl groups is 1. The van der Waals surface area contributed by atoms with Gasteiger partial charge in [-0.25, -0.2) is 0 Å². The molecular weight excluding hydrogens is 400 g/mol. The van der Waals surface area contributed by atoms with E-state index < -0.39 is 17.7 Å². The summed E-state index contributed by atoms with van der Waals surface area (Å²) >= 11 is 0. The number of aliphatic hydroxyl groups excluding tert-OH is 1. The van der Waals surface area contributed by atoms with E-state index in [0.29, 0.717) is 11.3 Å². The molecule has 1 aromatic heterocycles. The number of para-hydroxylation sites is 1. The number of benzene rings is 3. The largest absolute Gasteiger partial charge is 0.507 e. The average Bonchev–Trinajstić information content (AvgIpc) is 3.33. The van der Waals surface area contributed by atoms with E-state index in [0.717, 1.165) is 27.6 Å². The topological polar surface area (TPSA) is 73.4 Å². The average molecular weight is 422 g/mol. The summed E-state index contributed by atoms with van der Waals surface area (Å²) in [5, 5.41) is 12.1. The first-order chi connectivity index (χ1) is 15.5. The van der Waals surface area contributed by atoms with Crippen LogP contribution < -0.4 is 4.90 Å². The molecule has 5 nitrogen and oxygen atoms in total. The molecule has 1 aliphatic heterocycles. The van der Waals surface area contributed by atoms with Gasteiger partial charge in [0.25, 0.3) is 11.7 Å². The number of ketones is 1. The van der Waals surface area contributed by atoms with Crippen LogP contribution in [0.1, 0.15) is 28.3 Å². The van der Waals surface area contributed by atoms with Crippen molar-refractivity contribution in [3.05, 3.63) is 107 Å². The van der Waals surface area contributed by atoms with E-state index >= 15 is 0 Å². The van der Waals surface area contributed by atoms with E-state index in [2.05, 4.69) is 4.98 Å². The highest BCUT2D eigenvalue weighted by Gasteiger charge is 2.47. The molecule has 0 bridgehead atoms. The SMILES string of the molecule is Cc1cc(C)cc(N2C(=O)C(=O)/C(=C(\O)c3c[nH]c4ccccc34)C2c2ccccc2)c1. The van der Waals surface area contributed by atoms with Crippen molar-refractivity contribution >= 4 is 34.0 Å². The van der Waals surface area contributed by atoms with Crippen molar-refractivity contribution in [3.8, 4) is 0 Å². The third-order valence-corrected chi connectivity index (χ3v) is 5.89. The van der Waals surface area contributed by atoms with Crippen LogP contribution in [-0.4, -0.2) is 21.8 Å².